The Bertz CT molecular complexity index is 741. The van der Waals surface area contributed by atoms with Gasteiger partial charge < -0.3 is 5.73 Å². The fraction of sp³-hybridized carbons (Fsp3) is 0.0769. The number of anilines is 2. The molecule has 2 rings (SSSR count). The smallest absolute Gasteiger partial charge is 0.264 e. The van der Waals surface area contributed by atoms with Gasteiger partial charge in [-0.25, -0.2) is 8.42 Å². The molecule has 2 aromatic carbocycles. The summed E-state index contributed by atoms with van der Waals surface area (Å²) in [5.41, 5.74) is 6.93. The molecule has 0 saturated heterocycles. The molecule has 4 nitrogen and oxygen atoms in total. The van der Waals surface area contributed by atoms with Crippen LogP contribution in [0.1, 0.15) is 5.56 Å². The summed E-state index contributed by atoms with van der Waals surface area (Å²) in [5.74, 6) is 0. The number of para-hydroxylation sites is 1. The van der Waals surface area contributed by atoms with E-state index in [9.17, 15) is 8.42 Å². The third-order valence-electron chi connectivity index (χ3n) is 2.65. The zero-order valence-corrected chi connectivity index (χ0v) is 12.9. The highest BCUT2D eigenvalue weighted by Crippen LogP contribution is 2.32. The lowest BCUT2D eigenvalue weighted by Crippen LogP contribution is -2.15. The normalized spacial score (nSPS) is 11.3. The number of halogens is 2. The largest absolute Gasteiger partial charge is 0.398 e. The van der Waals surface area contributed by atoms with Crippen molar-refractivity contribution in [3.8, 4) is 0 Å². The molecule has 0 bridgehead atoms. The minimum absolute atomic E-state index is 0.0147. The summed E-state index contributed by atoms with van der Waals surface area (Å²) in [4.78, 5) is -0.0147. The maximum absolute atomic E-state index is 12.3. The molecule has 3 N–H and O–H groups in total. The van der Waals surface area contributed by atoms with Gasteiger partial charge in [-0.05, 0) is 36.8 Å². The van der Waals surface area contributed by atoms with Crippen molar-refractivity contribution in [1.29, 1.82) is 0 Å². The summed E-state index contributed by atoms with van der Waals surface area (Å²) in [5, 5.41) is 0.429. The number of nitrogen functional groups attached to an aromatic ring is 1. The first-order chi connectivity index (χ1) is 9.31. The number of hydrogen-bond donors (Lipinski definition) is 2. The van der Waals surface area contributed by atoms with Gasteiger partial charge in [0.05, 0.1) is 21.4 Å². The number of nitrogens with two attached hydrogens (primary N) is 1. The third kappa shape index (κ3) is 3.00. The van der Waals surface area contributed by atoms with Crippen LogP contribution in [0.3, 0.4) is 0 Å². The van der Waals surface area contributed by atoms with Crippen LogP contribution >= 0.6 is 23.2 Å². The topological polar surface area (TPSA) is 72.2 Å². The average Bonchev–Trinajstić information content (AvgIpc) is 2.33. The van der Waals surface area contributed by atoms with E-state index in [-0.39, 0.29) is 26.3 Å². The van der Waals surface area contributed by atoms with Crippen LogP contribution in [0.25, 0.3) is 0 Å². The van der Waals surface area contributed by atoms with Crippen LogP contribution in [-0.4, -0.2) is 8.42 Å². The highest BCUT2D eigenvalue weighted by Gasteiger charge is 2.20. The van der Waals surface area contributed by atoms with E-state index in [0.29, 0.717) is 0 Å². The van der Waals surface area contributed by atoms with Gasteiger partial charge in [0.15, 0.2) is 0 Å². The monoisotopic (exact) mass is 330 g/mol. The maximum atomic E-state index is 12.3. The van der Waals surface area contributed by atoms with E-state index in [2.05, 4.69) is 4.72 Å². The number of sulfonamides is 1. The molecule has 0 radical (unpaired) electrons. The molecule has 0 aromatic heterocycles. The Morgan fingerprint density at radius 3 is 2.25 bits per heavy atom. The molecule has 20 heavy (non-hydrogen) atoms. The first-order valence-electron chi connectivity index (χ1n) is 5.64. The Hall–Kier alpha value is -1.43. The van der Waals surface area contributed by atoms with E-state index in [1.165, 1.54) is 6.07 Å². The highest BCUT2D eigenvalue weighted by atomic mass is 35.5. The van der Waals surface area contributed by atoms with Gasteiger partial charge in [0.25, 0.3) is 10.0 Å². The van der Waals surface area contributed by atoms with E-state index in [1.807, 2.05) is 6.92 Å². The molecule has 0 atom stereocenters. The summed E-state index contributed by atoms with van der Waals surface area (Å²) in [6.45, 7) is 1.82. The molecule has 0 heterocycles. The van der Waals surface area contributed by atoms with Crippen LogP contribution in [0.15, 0.2) is 41.3 Å². The zero-order valence-electron chi connectivity index (χ0n) is 10.5. The number of rotatable bonds is 3. The lowest BCUT2D eigenvalue weighted by molar-refractivity contribution is 0.601. The SMILES string of the molecule is Cc1ccc(S(=O)(=O)Nc2c(Cl)cccc2Cl)c(N)c1. The molecule has 0 unspecified atom stereocenters. The minimum atomic E-state index is -3.85. The standard InChI is InChI=1S/C13H12Cl2N2O2S/c1-8-5-6-12(11(16)7-8)20(18,19)17-13-9(14)3-2-4-10(13)15/h2-7,17H,16H2,1H3. The van der Waals surface area contributed by atoms with Crippen molar-refractivity contribution in [2.24, 2.45) is 0 Å². The van der Waals surface area contributed by atoms with Gasteiger partial charge in [-0.1, -0.05) is 35.3 Å². The van der Waals surface area contributed by atoms with E-state index < -0.39 is 10.0 Å². The van der Waals surface area contributed by atoms with Gasteiger partial charge in [0, 0.05) is 0 Å². The molecule has 0 saturated carbocycles. The lowest BCUT2D eigenvalue weighted by atomic mass is 10.2. The van der Waals surface area contributed by atoms with Crippen LogP contribution in [0.2, 0.25) is 10.0 Å². The fourth-order valence-electron chi connectivity index (χ4n) is 1.70. The minimum Gasteiger partial charge on any atom is -0.398 e. The molecule has 0 fully saturated rings. The van der Waals surface area contributed by atoms with Gasteiger partial charge in [-0.3, -0.25) is 4.72 Å². The van der Waals surface area contributed by atoms with Crippen molar-refractivity contribution < 1.29 is 8.42 Å². The van der Waals surface area contributed by atoms with Crippen LogP contribution in [0, 0.1) is 6.92 Å². The molecule has 0 aliphatic rings. The Kier molecular flexibility index (Phi) is 4.13. The third-order valence-corrected chi connectivity index (χ3v) is 4.71. The second-order valence-corrected chi connectivity index (χ2v) is 6.71. The van der Waals surface area contributed by atoms with Crippen molar-refractivity contribution in [2.45, 2.75) is 11.8 Å². The van der Waals surface area contributed by atoms with Crippen LogP contribution in [0.5, 0.6) is 0 Å². The number of benzene rings is 2. The van der Waals surface area contributed by atoms with Crippen LogP contribution < -0.4 is 10.5 Å². The first-order valence-corrected chi connectivity index (χ1v) is 7.88. The van der Waals surface area contributed by atoms with Crippen molar-refractivity contribution >= 4 is 44.6 Å². The molecule has 0 aliphatic carbocycles. The summed E-state index contributed by atoms with van der Waals surface area (Å²) in [6.07, 6.45) is 0. The van der Waals surface area contributed by atoms with Gasteiger partial charge >= 0.3 is 0 Å². The van der Waals surface area contributed by atoms with E-state index in [4.69, 9.17) is 28.9 Å². The Balaban J connectivity index is 2.46. The Morgan fingerprint density at radius 1 is 1.10 bits per heavy atom. The number of aryl methyl sites for hydroxylation is 1. The van der Waals surface area contributed by atoms with Crippen molar-refractivity contribution in [3.05, 3.63) is 52.0 Å². The summed E-state index contributed by atoms with van der Waals surface area (Å²) in [6, 6.07) is 9.41. The van der Waals surface area contributed by atoms with Crippen molar-refractivity contribution in [1.82, 2.24) is 0 Å². The second-order valence-electron chi connectivity index (χ2n) is 4.24. The Labute approximate surface area is 127 Å². The molecule has 2 aromatic rings. The van der Waals surface area contributed by atoms with Gasteiger partial charge in [-0.2, -0.15) is 0 Å². The average molecular weight is 331 g/mol. The van der Waals surface area contributed by atoms with Crippen molar-refractivity contribution in [2.75, 3.05) is 10.5 Å². The van der Waals surface area contributed by atoms with Gasteiger partial charge in [0.1, 0.15) is 4.90 Å². The summed E-state index contributed by atoms with van der Waals surface area (Å²) < 4.78 is 27.0. The predicted molar refractivity (Wildman–Crippen MR) is 82.9 cm³/mol. The molecule has 106 valence electrons. The molecule has 0 spiro atoms. The molecule has 0 amide bonds. The first kappa shape index (κ1) is 15.0. The lowest BCUT2D eigenvalue weighted by Gasteiger charge is -2.13. The van der Waals surface area contributed by atoms with Gasteiger partial charge in [0.2, 0.25) is 0 Å². The van der Waals surface area contributed by atoms with Crippen LogP contribution in [0.4, 0.5) is 11.4 Å². The predicted octanol–water partition coefficient (Wildman–Crippen LogP) is 3.68. The second kappa shape index (κ2) is 5.52. The highest BCUT2D eigenvalue weighted by molar-refractivity contribution is 7.93. The quantitative estimate of drug-likeness (QED) is 0.843. The molecule has 0 aliphatic heterocycles. The molecule has 7 heteroatoms. The molecular weight excluding hydrogens is 319 g/mol. The zero-order chi connectivity index (χ0) is 14.9. The van der Waals surface area contributed by atoms with Crippen molar-refractivity contribution in [3.63, 3.8) is 0 Å². The van der Waals surface area contributed by atoms with E-state index in [1.54, 1.807) is 30.3 Å². The summed E-state index contributed by atoms with van der Waals surface area (Å²) in [7, 11) is -3.85. The Morgan fingerprint density at radius 2 is 1.70 bits per heavy atom. The van der Waals surface area contributed by atoms with Gasteiger partial charge in [-0.15, -0.1) is 0 Å². The number of nitrogens with one attached hydrogen (secondary N) is 1. The van der Waals surface area contributed by atoms with E-state index in [0.717, 1.165) is 5.56 Å². The van der Waals surface area contributed by atoms with E-state index >= 15 is 0 Å². The maximum Gasteiger partial charge on any atom is 0.264 e. The molecular formula is C13H12Cl2N2O2S. The fourth-order valence-corrected chi connectivity index (χ4v) is 3.52. The summed E-state index contributed by atoms with van der Waals surface area (Å²) >= 11 is 11.9. The van der Waals surface area contributed by atoms with Crippen LogP contribution in [-0.2, 0) is 10.0 Å². The number of hydrogen-bond acceptors (Lipinski definition) is 3.